The van der Waals surface area contributed by atoms with E-state index in [9.17, 15) is 4.79 Å². The molecule has 2 heteroatoms. The second kappa shape index (κ2) is 6.28. The molecule has 0 aliphatic rings. The van der Waals surface area contributed by atoms with Gasteiger partial charge in [-0.05, 0) is 6.42 Å². The summed E-state index contributed by atoms with van der Waals surface area (Å²) in [5.41, 5.74) is 0. The summed E-state index contributed by atoms with van der Waals surface area (Å²) in [4.78, 5) is 10.7. The lowest BCUT2D eigenvalue weighted by Gasteiger charge is -1.93. The average Bonchev–Trinajstić information content (AvgIpc) is 1.89. The molecule has 2 nitrogen and oxygen atoms in total. The molecule has 0 amide bonds. The van der Waals surface area contributed by atoms with Crippen molar-refractivity contribution in [2.75, 3.05) is 0 Å². The molecule has 0 heterocycles. The van der Waals surface area contributed by atoms with Gasteiger partial charge < -0.3 is 0 Å². The van der Waals surface area contributed by atoms with Crippen molar-refractivity contribution < 1.29 is 4.79 Å². The fraction of sp³-hybridized carbons (Fsp3) is 0.750. The zero-order valence-electron chi connectivity index (χ0n) is 6.39. The number of rotatable bonds is 5. The number of Topliss-reactive ketones (excluding diaryl/α,β-unsaturated/α-hetero) is 1. The normalized spacial score (nSPS) is 8.80. The van der Waals surface area contributed by atoms with Gasteiger partial charge in [-0.3, -0.25) is 4.79 Å². The van der Waals surface area contributed by atoms with Crippen LogP contribution < -0.4 is 0 Å². The SMILES string of the molecule is CCCCCC(=O)CC#N. The van der Waals surface area contributed by atoms with Gasteiger partial charge in [-0.1, -0.05) is 19.8 Å². The van der Waals surface area contributed by atoms with Crippen LogP contribution in [0.2, 0.25) is 0 Å². The first-order valence-corrected chi connectivity index (χ1v) is 3.70. The maximum atomic E-state index is 10.7. The summed E-state index contributed by atoms with van der Waals surface area (Å²) in [5.74, 6) is 0.0796. The molecule has 0 aliphatic heterocycles. The smallest absolute Gasteiger partial charge is 0.146 e. The lowest BCUT2D eigenvalue weighted by atomic mass is 10.1. The Labute approximate surface area is 61.8 Å². The Hall–Kier alpha value is -0.840. The number of unbranched alkanes of at least 4 members (excludes halogenated alkanes) is 2. The third-order valence-electron chi connectivity index (χ3n) is 1.34. The van der Waals surface area contributed by atoms with E-state index < -0.39 is 0 Å². The molecule has 0 atom stereocenters. The molecule has 0 spiro atoms. The van der Waals surface area contributed by atoms with Crippen molar-refractivity contribution in [2.24, 2.45) is 0 Å². The Bertz CT molecular complexity index is 135. The van der Waals surface area contributed by atoms with Gasteiger partial charge in [0.15, 0.2) is 0 Å². The van der Waals surface area contributed by atoms with Crippen molar-refractivity contribution in [3.05, 3.63) is 0 Å². The topological polar surface area (TPSA) is 40.9 Å². The van der Waals surface area contributed by atoms with E-state index in [1.54, 1.807) is 0 Å². The molecule has 0 aromatic carbocycles. The van der Waals surface area contributed by atoms with Gasteiger partial charge in [0.25, 0.3) is 0 Å². The predicted molar refractivity (Wildman–Crippen MR) is 39.4 cm³/mol. The minimum absolute atomic E-state index is 0.0796. The van der Waals surface area contributed by atoms with Crippen LogP contribution in [0.5, 0.6) is 0 Å². The van der Waals surface area contributed by atoms with Crippen LogP contribution in [-0.4, -0.2) is 5.78 Å². The van der Waals surface area contributed by atoms with Crippen LogP contribution in [0.1, 0.15) is 39.0 Å². The zero-order chi connectivity index (χ0) is 7.82. The van der Waals surface area contributed by atoms with E-state index >= 15 is 0 Å². The quantitative estimate of drug-likeness (QED) is 0.547. The van der Waals surface area contributed by atoms with Crippen LogP contribution in [-0.2, 0) is 4.79 Å². The Morgan fingerprint density at radius 1 is 1.50 bits per heavy atom. The maximum absolute atomic E-state index is 10.7. The number of carbonyl (C=O) groups excluding carboxylic acids is 1. The number of hydrogen-bond donors (Lipinski definition) is 0. The van der Waals surface area contributed by atoms with Crippen LogP contribution in [0.4, 0.5) is 0 Å². The first-order chi connectivity index (χ1) is 4.81. The summed E-state index contributed by atoms with van der Waals surface area (Å²) in [5, 5.41) is 8.12. The molecule has 0 aromatic rings. The highest BCUT2D eigenvalue weighted by Crippen LogP contribution is 2.00. The fourth-order valence-electron chi connectivity index (χ4n) is 0.749. The second-order valence-electron chi connectivity index (χ2n) is 2.33. The van der Waals surface area contributed by atoms with Crippen molar-refractivity contribution >= 4 is 5.78 Å². The van der Waals surface area contributed by atoms with Crippen LogP contribution >= 0.6 is 0 Å². The van der Waals surface area contributed by atoms with Gasteiger partial charge in [-0.2, -0.15) is 5.26 Å². The lowest BCUT2D eigenvalue weighted by Crippen LogP contribution is -1.94. The summed E-state index contributed by atoms with van der Waals surface area (Å²) in [6.45, 7) is 2.09. The largest absolute Gasteiger partial charge is 0.299 e. The van der Waals surface area contributed by atoms with Crippen molar-refractivity contribution in [3.63, 3.8) is 0 Å². The van der Waals surface area contributed by atoms with Crippen LogP contribution in [0.3, 0.4) is 0 Å². The fourth-order valence-corrected chi connectivity index (χ4v) is 0.749. The molecule has 56 valence electrons. The Balaban J connectivity index is 3.15. The minimum Gasteiger partial charge on any atom is -0.299 e. The van der Waals surface area contributed by atoms with Crippen molar-refractivity contribution in [3.8, 4) is 6.07 Å². The highest BCUT2D eigenvalue weighted by atomic mass is 16.1. The Morgan fingerprint density at radius 2 is 2.20 bits per heavy atom. The monoisotopic (exact) mass is 139 g/mol. The first-order valence-electron chi connectivity index (χ1n) is 3.70. The zero-order valence-corrected chi connectivity index (χ0v) is 6.39. The summed E-state index contributed by atoms with van der Waals surface area (Å²) in [7, 11) is 0. The molecule has 0 N–H and O–H groups in total. The predicted octanol–water partition coefficient (Wildman–Crippen LogP) is 2.05. The van der Waals surface area contributed by atoms with E-state index in [0.29, 0.717) is 6.42 Å². The number of nitrogens with zero attached hydrogens (tertiary/aromatic N) is 1. The molecule has 0 radical (unpaired) electrons. The standard InChI is InChI=1S/C8H13NO/c1-2-3-4-5-8(10)6-7-9/h2-6H2,1H3. The van der Waals surface area contributed by atoms with Crippen molar-refractivity contribution in [1.29, 1.82) is 5.26 Å². The Morgan fingerprint density at radius 3 is 2.70 bits per heavy atom. The van der Waals surface area contributed by atoms with E-state index in [4.69, 9.17) is 5.26 Å². The van der Waals surface area contributed by atoms with Crippen LogP contribution in [0, 0.1) is 11.3 Å². The number of nitriles is 1. The lowest BCUT2D eigenvalue weighted by molar-refractivity contribution is -0.118. The molecule has 10 heavy (non-hydrogen) atoms. The molecule has 0 fully saturated rings. The molecule has 0 unspecified atom stereocenters. The van der Waals surface area contributed by atoms with Crippen molar-refractivity contribution in [1.82, 2.24) is 0 Å². The van der Waals surface area contributed by atoms with E-state index in [1.807, 2.05) is 6.07 Å². The molecule has 0 aromatic heterocycles. The van der Waals surface area contributed by atoms with Gasteiger partial charge in [0, 0.05) is 6.42 Å². The van der Waals surface area contributed by atoms with Crippen LogP contribution in [0.15, 0.2) is 0 Å². The van der Waals surface area contributed by atoms with E-state index in [1.165, 1.54) is 0 Å². The van der Waals surface area contributed by atoms with E-state index in [-0.39, 0.29) is 12.2 Å². The molecular weight excluding hydrogens is 126 g/mol. The molecular formula is C8H13NO. The maximum Gasteiger partial charge on any atom is 0.146 e. The molecule has 0 aliphatic carbocycles. The highest BCUT2D eigenvalue weighted by Gasteiger charge is 1.98. The van der Waals surface area contributed by atoms with Gasteiger partial charge in [0.05, 0.1) is 12.5 Å². The molecule has 0 saturated carbocycles. The van der Waals surface area contributed by atoms with Gasteiger partial charge in [-0.25, -0.2) is 0 Å². The molecule has 0 bridgehead atoms. The number of ketones is 1. The third-order valence-corrected chi connectivity index (χ3v) is 1.34. The van der Waals surface area contributed by atoms with Crippen molar-refractivity contribution in [2.45, 2.75) is 39.0 Å². The van der Waals surface area contributed by atoms with Gasteiger partial charge in [-0.15, -0.1) is 0 Å². The van der Waals surface area contributed by atoms with E-state index in [2.05, 4.69) is 6.92 Å². The van der Waals surface area contributed by atoms with Crippen LogP contribution in [0.25, 0.3) is 0 Å². The average molecular weight is 139 g/mol. The second-order valence-corrected chi connectivity index (χ2v) is 2.33. The first kappa shape index (κ1) is 9.16. The summed E-state index contributed by atoms with van der Waals surface area (Å²) in [6, 6.07) is 1.84. The van der Waals surface area contributed by atoms with Gasteiger partial charge >= 0.3 is 0 Å². The van der Waals surface area contributed by atoms with Gasteiger partial charge in [0.2, 0.25) is 0 Å². The summed E-state index contributed by atoms with van der Waals surface area (Å²) >= 11 is 0. The third kappa shape index (κ3) is 5.30. The Kier molecular flexibility index (Phi) is 5.75. The number of hydrogen-bond acceptors (Lipinski definition) is 2. The summed E-state index contributed by atoms with van der Waals surface area (Å²) < 4.78 is 0. The molecule has 0 saturated heterocycles. The number of carbonyl (C=O) groups is 1. The minimum atomic E-state index is 0.0796. The van der Waals surface area contributed by atoms with E-state index in [0.717, 1.165) is 19.3 Å². The highest BCUT2D eigenvalue weighted by molar-refractivity contribution is 5.80. The molecule has 0 rings (SSSR count). The summed E-state index contributed by atoms with van der Waals surface area (Å²) in [6.07, 6.45) is 3.83. The van der Waals surface area contributed by atoms with Gasteiger partial charge in [0.1, 0.15) is 5.78 Å².